The Morgan fingerprint density at radius 1 is 0.971 bits per heavy atom. The zero-order valence-corrected chi connectivity index (χ0v) is 19.8. The van der Waals surface area contributed by atoms with Crippen LogP contribution in [0, 0.1) is 5.92 Å². The van der Waals surface area contributed by atoms with E-state index < -0.39 is 0 Å². The van der Waals surface area contributed by atoms with E-state index in [0.29, 0.717) is 54.6 Å². The van der Waals surface area contributed by atoms with Gasteiger partial charge in [0.25, 0.3) is 5.91 Å². The summed E-state index contributed by atoms with van der Waals surface area (Å²) < 4.78 is 11.3. The molecule has 1 aliphatic rings. The second kappa shape index (κ2) is 11.1. The Hall–Kier alpha value is -3.51. The van der Waals surface area contributed by atoms with Crippen molar-refractivity contribution >= 4 is 23.4 Å². The molecule has 0 aliphatic carbocycles. The first-order chi connectivity index (χ1) is 16.5. The van der Waals surface area contributed by atoms with Crippen LogP contribution in [0.1, 0.15) is 28.8 Å². The molecular weight excluding hydrogens is 452 g/mol. The molecule has 0 atom stereocenters. The summed E-state index contributed by atoms with van der Waals surface area (Å²) in [6.07, 6.45) is 1.20. The van der Waals surface area contributed by atoms with E-state index in [1.54, 1.807) is 23.1 Å². The number of carbonyl (C=O) groups excluding carboxylic acids is 2. The van der Waals surface area contributed by atoms with Crippen LogP contribution in [0.25, 0.3) is 0 Å². The fraction of sp³-hybridized carbons (Fsp3) is 0.259. The van der Waals surface area contributed by atoms with Crippen molar-refractivity contribution in [3.8, 4) is 17.2 Å². The third kappa shape index (κ3) is 5.69. The van der Waals surface area contributed by atoms with Gasteiger partial charge in [0.15, 0.2) is 0 Å². The van der Waals surface area contributed by atoms with Gasteiger partial charge < -0.3 is 19.7 Å². The minimum absolute atomic E-state index is 0.0121. The molecule has 2 amide bonds. The van der Waals surface area contributed by atoms with E-state index in [4.69, 9.17) is 21.1 Å². The monoisotopic (exact) mass is 478 g/mol. The summed E-state index contributed by atoms with van der Waals surface area (Å²) in [6, 6.07) is 22.2. The van der Waals surface area contributed by atoms with Gasteiger partial charge in [0, 0.05) is 36.1 Å². The highest BCUT2D eigenvalue weighted by molar-refractivity contribution is 6.31. The number of carbonyl (C=O) groups is 2. The highest BCUT2D eigenvalue weighted by Crippen LogP contribution is 2.27. The molecule has 3 aromatic rings. The molecule has 3 aromatic carbocycles. The van der Waals surface area contributed by atoms with Crippen molar-refractivity contribution in [1.82, 2.24) is 10.2 Å². The number of nitrogens with one attached hydrogen (secondary N) is 1. The molecule has 0 saturated carbocycles. The summed E-state index contributed by atoms with van der Waals surface area (Å²) in [6.45, 7) is 1.38. The van der Waals surface area contributed by atoms with Crippen LogP contribution in [0.2, 0.25) is 5.02 Å². The Bertz CT molecular complexity index is 1140. The zero-order valence-electron chi connectivity index (χ0n) is 19.0. The number of piperidine rings is 1. The molecule has 1 fully saturated rings. The summed E-state index contributed by atoms with van der Waals surface area (Å²) in [4.78, 5) is 27.6. The average Bonchev–Trinajstić information content (AvgIpc) is 2.88. The Kier molecular flexibility index (Phi) is 7.70. The summed E-state index contributed by atoms with van der Waals surface area (Å²) in [5, 5.41) is 3.52. The van der Waals surface area contributed by atoms with Crippen molar-refractivity contribution in [3.63, 3.8) is 0 Å². The van der Waals surface area contributed by atoms with Gasteiger partial charge in [-0.25, -0.2) is 0 Å². The van der Waals surface area contributed by atoms with E-state index in [-0.39, 0.29) is 17.7 Å². The van der Waals surface area contributed by atoms with Crippen LogP contribution < -0.4 is 14.8 Å². The SMILES string of the molecule is COc1ccc(Cl)cc1C(=O)N1CCC(C(=O)NCc2ccccc2Oc2ccccc2)CC1. The van der Waals surface area contributed by atoms with Crippen LogP contribution in [0.3, 0.4) is 0 Å². The van der Waals surface area contributed by atoms with Gasteiger partial charge in [-0.15, -0.1) is 0 Å². The topological polar surface area (TPSA) is 67.9 Å². The fourth-order valence-corrected chi connectivity index (χ4v) is 4.23. The second-order valence-corrected chi connectivity index (χ2v) is 8.59. The molecule has 1 aliphatic heterocycles. The molecule has 34 heavy (non-hydrogen) atoms. The van der Waals surface area contributed by atoms with Crippen molar-refractivity contribution < 1.29 is 19.1 Å². The van der Waals surface area contributed by atoms with E-state index >= 15 is 0 Å². The average molecular weight is 479 g/mol. The van der Waals surface area contributed by atoms with Crippen LogP contribution in [-0.2, 0) is 11.3 Å². The lowest BCUT2D eigenvalue weighted by Gasteiger charge is -2.31. The number of amides is 2. The zero-order chi connectivity index (χ0) is 23.9. The van der Waals surface area contributed by atoms with E-state index in [1.165, 1.54) is 7.11 Å². The van der Waals surface area contributed by atoms with Gasteiger partial charge >= 0.3 is 0 Å². The van der Waals surface area contributed by atoms with Crippen LogP contribution in [0.5, 0.6) is 17.2 Å². The van der Waals surface area contributed by atoms with Crippen molar-refractivity contribution in [2.75, 3.05) is 20.2 Å². The number of hydrogen-bond acceptors (Lipinski definition) is 4. The highest BCUT2D eigenvalue weighted by atomic mass is 35.5. The lowest BCUT2D eigenvalue weighted by Crippen LogP contribution is -2.43. The maximum atomic E-state index is 13.0. The van der Waals surface area contributed by atoms with Crippen molar-refractivity contribution in [1.29, 1.82) is 0 Å². The number of benzene rings is 3. The largest absolute Gasteiger partial charge is 0.496 e. The van der Waals surface area contributed by atoms with Crippen LogP contribution >= 0.6 is 11.6 Å². The molecule has 0 spiro atoms. The quantitative estimate of drug-likeness (QED) is 0.499. The molecule has 0 radical (unpaired) electrons. The Labute approximate surface area is 204 Å². The van der Waals surface area contributed by atoms with Crippen molar-refractivity contribution in [3.05, 3.63) is 88.9 Å². The molecule has 7 heteroatoms. The van der Waals surface area contributed by atoms with Gasteiger partial charge in [0.1, 0.15) is 17.2 Å². The lowest BCUT2D eigenvalue weighted by molar-refractivity contribution is -0.126. The standard InChI is InChI=1S/C27H27ClN2O4/c1-33-25-12-11-21(28)17-23(25)27(32)30-15-13-19(14-16-30)26(31)29-18-20-7-5-6-10-24(20)34-22-8-3-2-4-9-22/h2-12,17,19H,13-16,18H2,1H3,(H,29,31). The molecule has 0 unspecified atom stereocenters. The molecule has 0 bridgehead atoms. The third-order valence-corrected chi connectivity index (χ3v) is 6.18. The number of ether oxygens (including phenoxy) is 2. The number of para-hydroxylation sites is 2. The van der Waals surface area contributed by atoms with Gasteiger partial charge in [-0.1, -0.05) is 48.0 Å². The maximum absolute atomic E-state index is 13.0. The van der Waals surface area contributed by atoms with E-state index in [2.05, 4.69) is 5.32 Å². The molecular formula is C27H27ClN2O4. The van der Waals surface area contributed by atoms with E-state index in [9.17, 15) is 9.59 Å². The predicted molar refractivity (Wildman–Crippen MR) is 131 cm³/mol. The molecule has 1 N–H and O–H groups in total. The van der Waals surface area contributed by atoms with Crippen molar-refractivity contribution in [2.24, 2.45) is 5.92 Å². The Morgan fingerprint density at radius 3 is 2.41 bits per heavy atom. The van der Waals surface area contributed by atoms with E-state index in [1.807, 2.05) is 54.6 Å². The summed E-state index contributed by atoms with van der Waals surface area (Å²) in [5.74, 6) is 1.66. The molecule has 0 aromatic heterocycles. The molecule has 1 saturated heterocycles. The molecule has 176 valence electrons. The minimum atomic E-state index is -0.146. The number of likely N-dealkylation sites (tertiary alicyclic amines) is 1. The van der Waals surface area contributed by atoms with Gasteiger partial charge in [0.2, 0.25) is 5.91 Å². The van der Waals surface area contributed by atoms with Gasteiger partial charge in [-0.05, 0) is 49.2 Å². The highest BCUT2D eigenvalue weighted by Gasteiger charge is 2.29. The Morgan fingerprint density at radius 2 is 1.68 bits per heavy atom. The number of methoxy groups -OCH3 is 1. The number of halogens is 1. The normalized spacial score (nSPS) is 13.9. The molecule has 6 nitrogen and oxygen atoms in total. The van der Waals surface area contributed by atoms with E-state index in [0.717, 1.165) is 11.3 Å². The minimum Gasteiger partial charge on any atom is -0.496 e. The first kappa shape index (κ1) is 23.6. The first-order valence-corrected chi connectivity index (χ1v) is 11.6. The number of rotatable bonds is 7. The number of nitrogens with zero attached hydrogens (tertiary/aromatic N) is 1. The predicted octanol–water partition coefficient (Wildman–Crippen LogP) is 5.31. The van der Waals surface area contributed by atoms with Gasteiger partial charge in [-0.2, -0.15) is 0 Å². The molecule has 4 rings (SSSR count). The smallest absolute Gasteiger partial charge is 0.257 e. The van der Waals surface area contributed by atoms with Gasteiger partial charge in [0.05, 0.1) is 12.7 Å². The number of hydrogen-bond donors (Lipinski definition) is 1. The van der Waals surface area contributed by atoms with Crippen molar-refractivity contribution in [2.45, 2.75) is 19.4 Å². The van der Waals surface area contributed by atoms with Gasteiger partial charge in [-0.3, -0.25) is 9.59 Å². The lowest BCUT2D eigenvalue weighted by atomic mass is 9.95. The first-order valence-electron chi connectivity index (χ1n) is 11.3. The second-order valence-electron chi connectivity index (χ2n) is 8.15. The summed E-state index contributed by atoms with van der Waals surface area (Å²) >= 11 is 6.08. The summed E-state index contributed by atoms with van der Waals surface area (Å²) in [5.41, 5.74) is 1.34. The van der Waals surface area contributed by atoms with Crippen LogP contribution in [-0.4, -0.2) is 36.9 Å². The third-order valence-electron chi connectivity index (χ3n) is 5.94. The molecule has 1 heterocycles. The Balaban J connectivity index is 1.32. The fourth-order valence-electron chi connectivity index (χ4n) is 4.05. The maximum Gasteiger partial charge on any atom is 0.257 e. The summed E-state index contributed by atoms with van der Waals surface area (Å²) in [7, 11) is 1.53. The van der Waals surface area contributed by atoms with Crippen LogP contribution in [0.15, 0.2) is 72.8 Å². The van der Waals surface area contributed by atoms with Crippen LogP contribution in [0.4, 0.5) is 0 Å².